The third kappa shape index (κ3) is 2.90. The van der Waals surface area contributed by atoms with E-state index >= 15 is 4.39 Å². The van der Waals surface area contributed by atoms with Gasteiger partial charge in [-0.3, -0.25) is 5.01 Å². The second-order valence-corrected chi connectivity index (χ2v) is 9.27. The van der Waals surface area contributed by atoms with Crippen molar-refractivity contribution < 1.29 is 4.39 Å². The van der Waals surface area contributed by atoms with E-state index in [1.807, 2.05) is 25.4 Å². The van der Waals surface area contributed by atoms with Crippen molar-refractivity contribution >= 4 is 28.2 Å². The van der Waals surface area contributed by atoms with Crippen LogP contribution in [0.4, 0.5) is 10.1 Å². The van der Waals surface area contributed by atoms with Gasteiger partial charge in [-0.25, -0.2) is 19.3 Å². The first-order chi connectivity index (χ1) is 16.7. The summed E-state index contributed by atoms with van der Waals surface area (Å²) in [5.74, 6) is 0.393. The number of thiophene rings is 1. The fourth-order valence-corrected chi connectivity index (χ4v) is 5.28. The molecule has 3 aliphatic rings. The van der Waals surface area contributed by atoms with Gasteiger partial charge in [-0.2, -0.15) is 0 Å². The van der Waals surface area contributed by atoms with Crippen LogP contribution in [0.15, 0.2) is 72.4 Å². The minimum atomic E-state index is -0.335. The number of nitrogens with one attached hydrogen (secondary N) is 3. The summed E-state index contributed by atoms with van der Waals surface area (Å²) in [5.41, 5.74) is 11.0. The summed E-state index contributed by atoms with van der Waals surface area (Å²) < 4.78 is 15.1. The fourth-order valence-electron chi connectivity index (χ4n) is 4.53. The van der Waals surface area contributed by atoms with E-state index < -0.39 is 0 Å². The zero-order valence-corrected chi connectivity index (χ0v) is 18.8. The monoisotopic (exact) mass is 467 g/mol. The number of fused-ring (bicyclic) bond motifs is 4. The lowest BCUT2D eigenvalue weighted by atomic mass is 9.97. The standard InChI is InChI=1S/C25H18FN7S/c1-33-20-8-18(26)15(13-9-27-12-28-10-13)7-16(20)17(11-29-33)25-31-22-14(21-3-2-6-34-21)4-5-19-23(30-19)24(22)32-25/h2-12,23,29-30H,1H3,(H,31,32). The van der Waals surface area contributed by atoms with Crippen molar-refractivity contribution in [1.82, 2.24) is 30.7 Å². The molecular weight excluding hydrogens is 449 g/mol. The van der Waals surface area contributed by atoms with Crippen LogP contribution in [0.25, 0.3) is 22.3 Å². The summed E-state index contributed by atoms with van der Waals surface area (Å²) in [6, 6.07) is 7.67. The van der Waals surface area contributed by atoms with Crippen LogP contribution in [-0.2, 0) is 0 Å². The Kier molecular flexibility index (Phi) is 4.04. The molecule has 5 heterocycles. The number of imidazole rings is 1. The zero-order valence-electron chi connectivity index (χ0n) is 18.0. The van der Waals surface area contributed by atoms with E-state index in [-0.39, 0.29) is 11.9 Å². The van der Waals surface area contributed by atoms with Gasteiger partial charge in [0.15, 0.2) is 0 Å². The minimum absolute atomic E-state index is 0.134. The van der Waals surface area contributed by atoms with Gasteiger partial charge in [-0.1, -0.05) is 6.07 Å². The molecule has 0 spiro atoms. The maximum atomic E-state index is 15.1. The highest BCUT2D eigenvalue weighted by molar-refractivity contribution is 7.11. The Labute approximate surface area is 198 Å². The summed E-state index contributed by atoms with van der Waals surface area (Å²) in [7, 11) is 1.86. The molecule has 1 aliphatic carbocycles. The second-order valence-electron chi connectivity index (χ2n) is 8.33. The molecule has 1 saturated heterocycles. The highest BCUT2D eigenvalue weighted by atomic mass is 32.1. The lowest BCUT2D eigenvalue weighted by Crippen LogP contribution is -2.34. The molecule has 1 atom stereocenters. The van der Waals surface area contributed by atoms with Crippen LogP contribution < -0.4 is 15.8 Å². The smallest absolute Gasteiger partial charge is 0.140 e. The van der Waals surface area contributed by atoms with Gasteiger partial charge in [0.25, 0.3) is 0 Å². The number of rotatable bonds is 3. The summed E-state index contributed by atoms with van der Waals surface area (Å²) >= 11 is 1.69. The van der Waals surface area contributed by atoms with Gasteiger partial charge in [0.05, 0.1) is 17.1 Å². The number of halogens is 1. The van der Waals surface area contributed by atoms with Gasteiger partial charge >= 0.3 is 0 Å². The van der Waals surface area contributed by atoms with Gasteiger partial charge in [0.2, 0.25) is 0 Å². The summed E-state index contributed by atoms with van der Waals surface area (Å²) in [4.78, 5) is 17.9. The first-order valence-electron chi connectivity index (χ1n) is 10.8. The Hall–Kier alpha value is -4.24. The van der Waals surface area contributed by atoms with Crippen LogP contribution in [0.1, 0.15) is 33.7 Å². The van der Waals surface area contributed by atoms with Crippen molar-refractivity contribution in [2.45, 2.75) is 6.04 Å². The fraction of sp³-hybridized carbons (Fsp3) is 0.0800. The number of hydrazine groups is 1. The first-order valence-corrected chi connectivity index (χ1v) is 11.7. The van der Waals surface area contributed by atoms with E-state index in [0.717, 1.165) is 39.6 Å². The molecule has 3 aromatic heterocycles. The number of hydrogen-bond donors (Lipinski definition) is 3. The number of allylic oxidation sites excluding steroid dienone is 2. The molecule has 1 fully saturated rings. The van der Waals surface area contributed by atoms with E-state index in [0.29, 0.717) is 11.1 Å². The highest BCUT2D eigenvalue weighted by Crippen LogP contribution is 2.44. The third-order valence-corrected chi connectivity index (χ3v) is 7.20. The molecule has 1 aromatic carbocycles. The molecule has 1 unspecified atom stereocenters. The van der Waals surface area contributed by atoms with Gasteiger partial charge < -0.3 is 15.7 Å². The van der Waals surface area contributed by atoms with Crippen molar-refractivity contribution in [3.05, 3.63) is 106 Å². The number of hydrogen-bond acceptors (Lipinski definition) is 7. The number of nitrogens with zero attached hydrogens (tertiary/aromatic N) is 4. The molecule has 7 rings (SSSR count). The van der Waals surface area contributed by atoms with Crippen LogP contribution in [0, 0.1) is 5.82 Å². The summed E-state index contributed by atoms with van der Waals surface area (Å²) in [6.07, 6.45) is 10.8. The van der Waals surface area contributed by atoms with Crippen LogP contribution in [0.5, 0.6) is 0 Å². The normalized spacial score (nSPS) is 17.8. The molecule has 166 valence electrons. The first kappa shape index (κ1) is 19.2. The van der Waals surface area contributed by atoms with Crippen LogP contribution >= 0.6 is 11.3 Å². The molecule has 34 heavy (non-hydrogen) atoms. The average Bonchev–Trinajstić information content (AvgIpc) is 3.24. The molecule has 4 aromatic rings. The molecule has 0 saturated carbocycles. The van der Waals surface area contributed by atoms with E-state index in [2.05, 4.69) is 49.3 Å². The summed E-state index contributed by atoms with van der Waals surface area (Å²) in [6.45, 7) is 0. The van der Waals surface area contributed by atoms with Crippen molar-refractivity contribution in [2.75, 3.05) is 12.1 Å². The number of H-pyrrole nitrogens is 1. The van der Waals surface area contributed by atoms with Gasteiger partial charge in [0.1, 0.15) is 24.0 Å². The molecule has 7 nitrogen and oxygen atoms in total. The molecule has 0 radical (unpaired) electrons. The maximum absolute atomic E-state index is 15.1. The van der Waals surface area contributed by atoms with Crippen LogP contribution in [0.2, 0.25) is 0 Å². The van der Waals surface area contributed by atoms with Crippen LogP contribution in [0.3, 0.4) is 0 Å². The second kappa shape index (κ2) is 7.13. The van der Waals surface area contributed by atoms with Crippen molar-refractivity contribution in [3.8, 4) is 11.1 Å². The van der Waals surface area contributed by atoms with E-state index in [9.17, 15) is 0 Å². The van der Waals surface area contributed by atoms with Crippen LogP contribution in [-0.4, -0.2) is 27.0 Å². The quantitative estimate of drug-likeness (QED) is 0.387. The SMILES string of the molecule is CN1NC=C(c2nc3c([nH]2)C2NC2=CC=C3c2cccs2)c2cc(-c3cncnc3)c(F)cc21. The average molecular weight is 468 g/mol. The molecule has 9 heteroatoms. The summed E-state index contributed by atoms with van der Waals surface area (Å²) in [5, 5.41) is 7.28. The lowest BCUT2D eigenvalue weighted by molar-refractivity contribution is 0.629. The minimum Gasteiger partial charge on any atom is -0.373 e. The van der Waals surface area contributed by atoms with E-state index in [1.165, 1.54) is 23.0 Å². The maximum Gasteiger partial charge on any atom is 0.140 e. The van der Waals surface area contributed by atoms with Crippen molar-refractivity contribution in [1.29, 1.82) is 0 Å². The molecule has 2 aliphatic heterocycles. The topological polar surface area (TPSA) is 91.7 Å². The molecule has 3 N–H and O–H groups in total. The Bertz CT molecular complexity index is 1530. The Morgan fingerprint density at radius 2 is 1.97 bits per heavy atom. The Morgan fingerprint density at radius 3 is 2.79 bits per heavy atom. The van der Waals surface area contributed by atoms with Gasteiger partial charge in [-0.15, -0.1) is 11.3 Å². The molecule has 0 amide bonds. The predicted molar refractivity (Wildman–Crippen MR) is 130 cm³/mol. The number of benzene rings is 1. The number of anilines is 1. The Balaban J connectivity index is 1.38. The number of aromatic amines is 1. The van der Waals surface area contributed by atoms with Gasteiger partial charge in [-0.05, 0) is 29.7 Å². The lowest BCUT2D eigenvalue weighted by Gasteiger charge is -2.28. The predicted octanol–water partition coefficient (Wildman–Crippen LogP) is 4.38. The number of aromatic nitrogens is 4. The largest absolute Gasteiger partial charge is 0.373 e. The van der Waals surface area contributed by atoms with E-state index in [4.69, 9.17) is 4.98 Å². The van der Waals surface area contributed by atoms with Gasteiger partial charge in [0, 0.05) is 70.1 Å². The molecule has 0 bridgehead atoms. The molecular formula is C25H18FN7S. The highest BCUT2D eigenvalue weighted by Gasteiger charge is 2.38. The Morgan fingerprint density at radius 1 is 1.09 bits per heavy atom. The van der Waals surface area contributed by atoms with E-state index in [1.54, 1.807) is 28.7 Å². The van der Waals surface area contributed by atoms with Crippen molar-refractivity contribution in [2.24, 2.45) is 0 Å². The zero-order chi connectivity index (χ0) is 22.8. The van der Waals surface area contributed by atoms with Crippen molar-refractivity contribution in [3.63, 3.8) is 0 Å². The third-order valence-electron chi connectivity index (χ3n) is 6.30.